The molecule has 5 heteroatoms. The largest absolute Gasteiger partial charge is 0.585 e. The van der Waals surface area contributed by atoms with E-state index in [9.17, 15) is 9.46 Å². The first-order valence-corrected chi connectivity index (χ1v) is 20.2. The molecule has 4 nitrogen and oxygen atoms in total. The monoisotopic (exact) mass is 748 g/mol. The van der Waals surface area contributed by atoms with Crippen LogP contribution >= 0.6 is 7.82 Å². The number of hydrogen-bond acceptors (Lipinski definition) is 3. The maximum absolute atomic E-state index is 14.2. The summed E-state index contributed by atoms with van der Waals surface area (Å²) in [6.45, 7) is 0. The summed E-state index contributed by atoms with van der Waals surface area (Å²) in [4.78, 5) is 11.5. The van der Waals surface area contributed by atoms with Crippen molar-refractivity contribution >= 4 is 72.5 Å². The van der Waals surface area contributed by atoms with E-state index in [-0.39, 0.29) is 11.5 Å². The Kier molecular flexibility index (Phi) is 7.47. The minimum atomic E-state index is -4.77. The van der Waals surface area contributed by atoms with Gasteiger partial charge in [0.2, 0.25) is 0 Å². The van der Waals surface area contributed by atoms with Crippen LogP contribution in [-0.2, 0) is 4.57 Å². The highest BCUT2D eigenvalue weighted by Crippen LogP contribution is 2.58. The minimum Gasteiger partial charge on any atom is -0.393 e. The average Bonchev–Trinajstić information content (AvgIpc) is 3.38. The van der Waals surface area contributed by atoms with Crippen LogP contribution in [-0.4, -0.2) is 4.89 Å². The fourth-order valence-corrected chi connectivity index (χ4v) is 9.24. The number of phosphoric ester groups is 1. The van der Waals surface area contributed by atoms with Crippen LogP contribution in [0.25, 0.3) is 75.8 Å². The summed E-state index contributed by atoms with van der Waals surface area (Å²) in [6.07, 6.45) is 0. The third-order valence-electron chi connectivity index (χ3n) is 10.9. The van der Waals surface area contributed by atoms with Crippen molar-refractivity contribution < 1.29 is 18.5 Å². The molecule has 11 rings (SSSR count). The third kappa shape index (κ3) is 5.51. The van der Waals surface area contributed by atoms with Crippen LogP contribution in [0, 0.1) is 23.7 Å². The summed E-state index contributed by atoms with van der Waals surface area (Å²) < 4.78 is 26.4. The normalized spacial score (nSPS) is 12.9. The molecule has 0 fully saturated rings. The van der Waals surface area contributed by atoms with E-state index in [1.807, 2.05) is 109 Å². The van der Waals surface area contributed by atoms with E-state index in [2.05, 4.69) is 84.3 Å². The van der Waals surface area contributed by atoms with E-state index < -0.39 is 7.82 Å². The zero-order valence-electron chi connectivity index (χ0n) is 30.3. The topological polar surface area (TPSA) is 55.8 Å². The fourth-order valence-electron chi connectivity index (χ4n) is 8.36. The zero-order chi connectivity index (χ0) is 38.1. The number of hydrogen-bond donors (Lipinski definition) is 1. The van der Waals surface area contributed by atoms with Crippen LogP contribution in [0.5, 0.6) is 11.5 Å². The molecule has 10 aromatic carbocycles. The molecule has 0 radical (unpaired) electrons. The molecule has 1 N–H and O–H groups in total. The lowest BCUT2D eigenvalue weighted by molar-refractivity contribution is 0.294. The van der Waals surface area contributed by atoms with Crippen molar-refractivity contribution in [2.75, 3.05) is 0 Å². The first kappa shape index (κ1) is 33.0. The van der Waals surface area contributed by atoms with Gasteiger partial charge in [0.25, 0.3) is 0 Å². The third-order valence-corrected chi connectivity index (χ3v) is 11.7. The van der Waals surface area contributed by atoms with Gasteiger partial charge in [-0.25, -0.2) is 4.57 Å². The fraction of sp³-hybridized carbons (Fsp3) is 0. The van der Waals surface area contributed by atoms with Crippen molar-refractivity contribution in [2.45, 2.75) is 0 Å². The van der Waals surface area contributed by atoms with Crippen LogP contribution in [0.3, 0.4) is 0 Å². The predicted octanol–water partition coefficient (Wildman–Crippen LogP) is 12.9. The molecule has 0 amide bonds. The first-order chi connectivity index (χ1) is 28.0. The van der Waals surface area contributed by atoms with Crippen LogP contribution in [0.2, 0.25) is 0 Å². The lowest BCUT2D eigenvalue weighted by atomic mass is 9.88. The number of fused-ring (bicyclic) bond motifs is 13. The van der Waals surface area contributed by atoms with Crippen molar-refractivity contribution in [1.82, 2.24) is 0 Å². The molecular weight excluding hydrogens is 720 g/mol. The van der Waals surface area contributed by atoms with E-state index in [1.54, 1.807) is 0 Å². The standard InChI is InChI=1S/C52H29O4P/c53-57(54)55-51-39(27-25-37-29-33-13-1-5-17-41(33)47-23-11-9-19-43(37)47)31-35-15-3-7-21-45(35)49(51)50-46-22-8-4-16-36(46)32-40(52(50)56-57)28-26-38-30-34-14-2-6-18-42(34)48-24-12-10-20-44(38)48/h1-24,29-32H,(H,53,54). The second-order valence-electron chi connectivity index (χ2n) is 14.2. The van der Waals surface area contributed by atoms with Crippen molar-refractivity contribution in [2.24, 2.45) is 0 Å². The van der Waals surface area contributed by atoms with Gasteiger partial charge in [0.1, 0.15) is 0 Å². The summed E-state index contributed by atoms with van der Waals surface area (Å²) >= 11 is 0. The molecule has 57 heavy (non-hydrogen) atoms. The Labute approximate surface area is 328 Å². The molecule has 1 aliphatic heterocycles. The molecule has 1 heterocycles. The molecule has 0 unspecified atom stereocenters. The molecule has 0 aromatic heterocycles. The molecule has 266 valence electrons. The second-order valence-corrected chi connectivity index (χ2v) is 15.5. The molecule has 0 atom stereocenters. The summed E-state index contributed by atoms with van der Waals surface area (Å²) in [7, 11) is -4.77. The summed E-state index contributed by atoms with van der Waals surface area (Å²) in [6, 6.07) is 56.9. The van der Waals surface area contributed by atoms with Gasteiger partial charge in [-0.1, -0.05) is 169 Å². The maximum Gasteiger partial charge on any atom is 0.585 e. The Morgan fingerprint density at radius 2 is 0.632 bits per heavy atom. The summed E-state index contributed by atoms with van der Waals surface area (Å²) in [5.74, 6) is 14.0. The molecule has 0 bridgehead atoms. The van der Waals surface area contributed by atoms with Gasteiger partial charge in [-0.15, -0.1) is 0 Å². The Balaban J connectivity index is 1.19. The molecule has 0 aliphatic carbocycles. The highest BCUT2D eigenvalue weighted by molar-refractivity contribution is 7.48. The first-order valence-electron chi connectivity index (χ1n) is 18.7. The van der Waals surface area contributed by atoms with Crippen LogP contribution < -0.4 is 9.05 Å². The Hall–Kier alpha value is -7.33. The molecule has 0 spiro atoms. The van der Waals surface area contributed by atoms with Gasteiger partial charge in [-0.2, -0.15) is 0 Å². The molecule has 0 saturated heterocycles. The average molecular weight is 749 g/mol. The van der Waals surface area contributed by atoms with E-state index in [0.717, 1.165) is 75.8 Å². The van der Waals surface area contributed by atoms with Crippen molar-refractivity contribution in [3.8, 4) is 46.3 Å². The zero-order valence-corrected chi connectivity index (χ0v) is 31.2. The quantitative estimate of drug-likeness (QED) is 0.0953. The van der Waals surface area contributed by atoms with Gasteiger partial charge in [0.05, 0.1) is 11.1 Å². The van der Waals surface area contributed by atoms with Crippen molar-refractivity contribution in [3.63, 3.8) is 0 Å². The number of benzene rings is 10. The minimum absolute atomic E-state index is 0.187. The Bertz CT molecular complexity index is 3310. The van der Waals surface area contributed by atoms with E-state index >= 15 is 0 Å². The van der Waals surface area contributed by atoms with Gasteiger partial charge in [-0.3, -0.25) is 4.89 Å². The van der Waals surface area contributed by atoms with Crippen LogP contribution in [0.1, 0.15) is 22.3 Å². The van der Waals surface area contributed by atoms with Gasteiger partial charge in [-0.05, 0) is 88.9 Å². The highest BCUT2D eigenvalue weighted by Gasteiger charge is 2.37. The highest BCUT2D eigenvalue weighted by atomic mass is 31.2. The van der Waals surface area contributed by atoms with Crippen LogP contribution in [0.15, 0.2) is 170 Å². The SMILES string of the molecule is O=P1(O)Oc2c(C#Cc3cc4ccccc4c4ccccc34)cc3ccccc3c2-c2c(c(C#Cc3cc4ccccc4c4ccccc34)cc3ccccc23)O1. The lowest BCUT2D eigenvalue weighted by Crippen LogP contribution is -2.00. The van der Waals surface area contributed by atoms with E-state index in [0.29, 0.717) is 22.3 Å². The van der Waals surface area contributed by atoms with Crippen molar-refractivity contribution in [1.29, 1.82) is 0 Å². The summed E-state index contributed by atoms with van der Waals surface area (Å²) in [5, 5.41) is 12.2. The Morgan fingerprint density at radius 1 is 0.351 bits per heavy atom. The second kappa shape index (κ2) is 12.9. The molecular formula is C52H29O4P. The summed E-state index contributed by atoms with van der Waals surface area (Å²) in [5.41, 5.74) is 3.86. The van der Waals surface area contributed by atoms with Gasteiger partial charge >= 0.3 is 7.82 Å². The van der Waals surface area contributed by atoms with Gasteiger partial charge in [0, 0.05) is 22.3 Å². The van der Waals surface area contributed by atoms with E-state index in [4.69, 9.17) is 9.05 Å². The Morgan fingerprint density at radius 3 is 1.04 bits per heavy atom. The maximum atomic E-state index is 14.2. The smallest absolute Gasteiger partial charge is 0.393 e. The van der Waals surface area contributed by atoms with Gasteiger partial charge in [0.15, 0.2) is 11.5 Å². The van der Waals surface area contributed by atoms with E-state index in [1.165, 1.54) is 0 Å². The molecule has 1 aliphatic rings. The predicted molar refractivity (Wildman–Crippen MR) is 233 cm³/mol. The molecule has 10 aromatic rings. The van der Waals surface area contributed by atoms with Crippen molar-refractivity contribution in [3.05, 3.63) is 192 Å². The van der Waals surface area contributed by atoms with Crippen LogP contribution in [0.4, 0.5) is 0 Å². The lowest BCUT2D eigenvalue weighted by Gasteiger charge is -2.16. The van der Waals surface area contributed by atoms with Gasteiger partial charge < -0.3 is 9.05 Å². The number of rotatable bonds is 0. The molecule has 0 saturated carbocycles. The number of phosphoric acid groups is 1.